The molecule has 2 aliphatic rings. The highest BCUT2D eigenvalue weighted by Crippen LogP contribution is 2.42. The van der Waals surface area contributed by atoms with E-state index < -0.39 is 29.4 Å². The van der Waals surface area contributed by atoms with Gasteiger partial charge in [-0.2, -0.15) is 19.6 Å². The quantitative estimate of drug-likeness (QED) is 0.0776. The minimum Gasteiger partial charge on any atom is -0.481 e. The van der Waals surface area contributed by atoms with Gasteiger partial charge in [0.1, 0.15) is 35.6 Å². The zero-order chi connectivity index (χ0) is 27.7. The number of oxime groups is 1. The van der Waals surface area contributed by atoms with Crippen LogP contribution in [0.2, 0.25) is 0 Å². The standard InChI is InChI=1S/C20H19N9O7S3/c1-34-10-3-11(29-19(25-10)22-7-23-29)37-4-8-5-38-17-13(15(31)28(17)16(8)36-20(32)33)26-14(30)12(27-35-2)9-6-39-18(21)24-9/h3,6-7,13,17H,4-5H2,1-2H3,(H2,21,24)(H,26,30)(H,32,33)/b27-12-/t13-,17-/m1/s1. The van der Waals surface area contributed by atoms with Gasteiger partial charge in [-0.1, -0.05) is 5.16 Å². The first-order valence-corrected chi connectivity index (χ1v) is 13.8. The highest BCUT2D eigenvalue weighted by molar-refractivity contribution is 8.01. The molecule has 0 radical (unpaired) electrons. The Morgan fingerprint density at radius 2 is 2.18 bits per heavy atom. The van der Waals surface area contributed by atoms with E-state index in [0.717, 1.165) is 11.3 Å². The van der Waals surface area contributed by atoms with Gasteiger partial charge in [-0.05, 0) is 0 Å². The molecule has 5 heterocycles. The van der Waals surface area contributed by atoms with E-state index in [1.807, 2.05) is 0 Å². The molecule has 0 spiro atoms. The van der Waals surface area contributed by atoms with Crippen LogP contribution < -0.4 is 15.8 Å². The number of β-lactam (4-membered cyclic amide) rings is 1. The van der Waals surface area contributed by atoms with Gasteiger partial charge in [0, 0.05) is 28.5 Å². The predicted molar refractivity (Wildman–Crippen MR) is 139 cm³/mol. The van der Waals surface area contributed by atoms with Gasteiger partial charge in [0.05, 0.1) is 7.11 Å². The van der Waals surface area contributed by atoms with Crippen LogP contribution in [-0.4, -0.2) is 95.4 Å². The van der Waals surface area contributed by atoms with E-state index in [1.165, 1.54) is 58.9 Å². The Kier molecular flexibility index (Phi) is 7.44. The zero-order valence-electron chi connectivity index (χ0n) is 20.1. The molecule has 3 aromatic heterocycles. The number of carbonyl (C=O) groups is 3. The van der Waals surface area contributed by atoms with E-state index in [1.54, 1.807) is 6.07 Å². The molecular weight excluding hydrogens is 574 g/mol. The van der Waals surface area contributed by atoms with Crippen molar-refractivity contribution in [3.05, 3.63) is 34.9 Å². The fourth-order valence-corrected chi connectivity index (χ4v) is 6.73. The largest absolute Gasteiger partial charge is 0.512 e. The van der Waals surface area contributed by atoms with Crippen molar-refractivity contribution in [2.24, 2.45) is 5.16 Å². The Balaban J connectivity index is 1.35. The number of thiazole rings is 1. The Bertz CT molecular complexity index is 1520. The van der Waals surface area contributed by atoms with Gasteiger partial charge in [-0.15, -0.1) is 34.9 Å². The monoisotopic (exact) mass is 593 g/mol. The normalized spacial score (nSPS) is 19.0. The second-order valence-corrected chi connectivity index (χ2v) is 10.7. The summed E-state index contributed by atoms with van der Waals surface area (Å²) in [5.41, 5.74) is 6.26. The summed E-state index contributed by atoms with van der Waals surface area (Å²) in [6, 6.07) is 0.708. The van der Waals surface area contributed by atoms with Crippen LogP contribution in [0.1, 0.15) is 5.69 Å². The number of ether oxygens (including phenoxy) is 2. The molecule has 204 valence electrons. The van der Waals surface area contributed by atoms with Crippen molar-refractivity contribution in [1.82, 2.24) is 34.8 Å². The molecule has 2 atom stereocenters. The van der Waals surface area contributed by atoms with Gasteiger partial charge in [0.2, 0.25) is 11.8 Å². The zero-order valence-corrected chi connectivity index (χ0v) is 22.6. The van der Waals surface area contributed by atoms with Crippen molar-refractivity contribution >= 4 is 69.5 Å². The Hall–Kier alpha value is -4.10. The van der Waals surface area contributed by atoms with Crippen LogP contribution in [0.25, 0.3) is 5.78 Å². The first kappa shape index (κ1) is 26.5. The summed E-state index contributed by atoms with van der Waals surface area (Å²) in [6.07, 6.45) is -0.219. The van der Waals surface area contributed by atoms with Crippen LogP contribution in [0.3, 0.4) is 0 Å². The van der Waals surface area contributed by atoms with Crippen LogP contribution in [0.15, 0.2) is 39.4 Å². The van der Waals surface area contributed by atoms with E-state index >= 15 is 0 Å². The van der Waals surface area contributed by atoms with Crippen LogP contribution in [0.5, 0.6) is 5.88 Å². The summed E-state index contributed by atoms with van der Waals surface area (Å²) < 4.78 is 11.8. The van der Waals surface area contributed by atoms with Crippen LogP contribution in [0, 0.1) is 0 Å². The van der Waals surface area contributed by atoms with E-state index in [-0.39, 0.29) is 28.2 Å². The third-order valence-electron chi connectivity index (χ3n) is 5.42. The van der Waals surface area contributed by atoms with Crippen molar-refractivity contribution in [2.45, 2.75) is 16.4 Å². The molecule has 2 amide bonds. The van der Waals surface area contributed by atoms with Gasteiger partial charge in [0.25, 0.3) is 17.6 Å². The SMILES string of the molecule is CO/N=C(\C(=O)N[C@@H]1C(=O)N2C(OC(=O)O)=C(CSc3cc(OC)nc4ncnn34)CS[C@H]12)c1csc(N)n1. The van der Waals surface area contributed by atoms with Crippen molar-refractivity contribution in [3.63, 3.8) is 0 Å². The van der Waals surface area contributed by atoms with Crippen LogP contribution >= 0.6 is 34.9 Å². The van der Waals surface area contributed by atoms with Crippen molar-refractivity contribution in [3.8, 4) is 5.88 Å². The predicted octanol–water partition coefficient (Wildman–Crippen LogP) is 0.621. The van der Waals surface area contributed by atoms with Gasteiger partial charge in [0.15, 0.2) is 10.8 Å². The van der Waals surface area contributed by atoms with Gasteiger partial charge >= 0.3 is 6.16 Å². The van der Waals surface area contributed by atoms with Crippen LogP contribution in [-0.2, 0) is 19.2 Å². The molecule has 1 saturated heterocycles. The number of nitrogens with two attached hydrogens (primary N) is 1. The second-order valence-electron chi connectivity index (χ2n) is 7.73. The third-order valence-corrected chi connectivity index (χ3v) is 8.52. The molecule has 2 aliphatic heterocycles. The molecule has 0 bridgehead atoms. The highest BCUT2D eigenvalue weighted by Gasteiger charge is 2.54. The smallest absolute Gasteiger partial charge is 0.481 e. The summed E-state index contributed by atoms with van der Waals surface area (Å²) >= 11 is 3.78. The Morgan fingerprint density at radius 1 is 1.36 bits per heavy atom. The molecule has 5 rings (SSSR count). The van der Waals surface area contributed by atoms with Gasteiger partial charge < -0.3 is 30.5 Å². The van der Waals surface area contributed by atoms with Gasteiger partial charge in [-0.3, -0.25) is 14.5 Å². The fraction of sp³-hybridized carbons (Fsp3) is 0.300. The number of carbonyl (C=O) groups excluding carboxylic acids is 2. The third kappa shape index (κ3) is 5.14. The lowest BCUT2D eigenvalue weighted by molar-refractivity contribution is -0.148. The number of hydrogen-bond acceptors (Lipinski definition) is 15. The number of fused-ring (bicyclic) bond motifs is 2. The van der Waals surface area contributed by atoms with E-state index in [2.05, 4.69) is 30.5 Å². The van der Waals surface area contributed by atoms with E-state index in [0.29, 0.717) is 28.0 Å². The maximum absolute atomic E-state index is 13.1. The number of nitrogens with one attached hydrogen (secondary N) is 1. The summed E-state index contributed by atoms with van der Waals surface area (Å²) in [5, 5.41) is 21.7. The highest BCUT2D eigenvalue weighted by atomic mass is 32.2. The number of carboxylic acid groups (broad SMARTS) is 1. The second kappa shape index (κ2) is 10.9. The van der Waals surface area contributed by atoms with E-state index in [4.69, 9.17) is 20.0 Å². The number of nitrogen functional groups attached to an aromatic ring is 1. The number of methoxy groups -OCH3 is 1. The first-order valence-electron chi connectivity index (χ1n) is 10.9. The summed E-state index contributed by atoms with van der Waals surface area (Å²) in [4.78, 5) is 55.9. The fourth-order valence-electron chi connectivity index (χ4n) is 3.74. The molecule has 0 aliphatic carbocycles. The topological polar surface area (TPSA) is 209 Å². The number of anilines is 1. The Labute approximate surface area is 231 Å². The number of nitrogens with zero attached hydrogens (tertiary/aromatic N) is 7. The molecule has 1 fully saturated rings. The van der Waals surface area contributed by atoms with Gasteiger partial charge in [-0.25, -0.2) is 9.78 Å². The molecule has 4 N–H and O–H groups in total. The minimum atomic E-state index is -1.57. The molecule has 0 unspecified atom stereocenters. The maximum atomic E-state index is 13.1. The van der Waals surface area contributed by atoms with Crippen molar-refractivity contribution in [2.75, 3.05) is 31.5 Å². The number of rotatable bonds is 9. The molecule has 0 saturated carbocycles. The summed E-state index contributed by atoms with van der Waals surface area (Å²) in [6.45, 7) is 0. The molecule has 3 aromatic rings. The first-order chi connectivity index (χ1) is 18.8. The minimum absolute atomic E-state index is 0.0943. The molecule has 0 aromatic carbocycles. The molecule has 16 nitrogen and oxygen atoms in total. The molecule has 39 heavy (non-hydrogen) atoms. The molecule has 19 heteroatoms. The summed E-state index contributed by atoms with van der Waals surface area (Å²) in [7, 11) is 2.75. The van der Waals surface area contributed by atoms with Crippen molar-refractivity contribution < 1.29 is 33.8 Å². The van der Waals surface area contributed by atoms with Crippen molar-refractivity contribution in [1.29, 1.82) is 0 Å². The maximum Gasteiger partial charge on any atom is 0.512 e. The number of thioether (sulfide) groups is 2. The average Bonchev–Trinajstić information content (AvgIpc) is 3.57. The van der Waals surface area contributed by atoms with E-state index in [9.17, 15) is 19.5 Å². The van der Waals surface area contributed by atoms with Crippen LogP contribution in [0.4, 0.5) is 9.93 Å². The average molecular weight is 594 g/mol. The number of hydrogen-bond donors (Lipinski definition) is 3. The molecular formula is C20H19N9O7S3. The lowest BCUT2D eigenvalue weighted by Gasteiger charge is -2.49. The summed E-state index contributed by atoms with van der Waals surface area (Å²) in [5.74, 6) is -0.0712. The Morgan fingerprint density at radius 3 is 2.87 bits per heavy atom. The lowest BCUT2D eigenvalue weighted by atomic mass is 10.1. The lowest BCUT2D eigenvalue weighted by Crippen LogP contribution is -2.70. The number of amides is 2. The number of aromatic nitrogens is 5.